The molecule has 0 radical (unpaired) electrons. The van der Waals surface area contributed by atoms with E-state index in [1.165, 1.54) is 12.8 Å². The Morgan fingerprint density at radius 1 is 1.32 bits per heavy atom. The molecule has 0 atom stereocenters. The van der Waals surface area contributed by atoms with Crippen LogP contribution >= 0.6 is 0 Å². The van der Waals surface area contributed by atoms with Crippen LogP contribution in [0.25, 0.3) is 0 Å². The molecule has 4 nitrogen and oxygen atoms in total. The molecular weight excluding hydrogens is 260 g/mol. The summed E-state index contributed by atoms with van der Waals surface area (Å²) in [4.78, 5) is 0.404. The molecule has 19 heavy (non-hydrogen) atoms. The summed E-state index contributed by atoms with van der Waals surface area (Å²) >= 11 is 0. The summed E-state index contributed by atoms with van der Waals surface area (Å²) in [6.45, 7) is 3.17. The van der Waals surface area contributed by atoms with Crippen LogP contribution in [0.15, 0.2) is 29.2 Å². The van der Waals surface area contributed by atoms with Gasteiger partial charge in [0.15, 0.2) is 9.84 Å². The fourth-order valence-electron chi connectivity index (χ4n) is 2.32. The van der Waals surface area contributed by atoms with Crippen LogP contribution in [-0.2, 0) is 9.84 Å². The van der Waals surface area contributed by atoms with E-state index in [1.54, 1.807) is 19.1 Å². The average Bonchev–Trinajstić information content (AvgIpc) is 3.17. The highest BCUT2D eigenvalue weighted by atomic mass is 32.2. The molecule has 0 bridgehead atoms. The predicted molar refractivity (Wildman–Crippen MR) is 78.0 cm³/mol. The van der Waals surface area contributed by atoms with E-state index in [9.17, 15) is 8.42 Å². The van der Waals surface area contributed by atoms with Gasteiger partial charge in [0.25, 0.3) is 0 Å². The third-order valence-corrected chi connectivity index (χ3v) is 5.67. The summed E-state index contributed by atoms with van der Waals surface area (Å²) in [7, 11) is -3.18. The second kappa shape index (κ2) is 5.51. The van der Waals surface area contributed by atoms with Crippen LogP contribution in [-0.4, -0.2) is 27.3 Å². The third kappa shape index (κ3) is 3.28. The monoisotopic (exact) mass is 282 g/mol. The van der Waals surface area contributed by atoms with E-state index in [-0.39, 0.29) is 11.2 Å². The molecule has 0 saturated heterocycles. The van der Waals surface area contributed by atoms with E-state index in [0.29, 0.717) is 17.1 Å². The summed E-state index contributed by atoms with van der Waals surface area (Å²) in [5.41, 5.74) is 6.63. The van der Waals surface area contributed by atoms with Crippen molar-refractivity contribution >= 4 is 15.5 Å². The summed E-state index contributed by atoms with van der Waals surface area (Å²) in [5.74, 6) is 0.125. The Hall–Kier alpha value is -1.07. The van der Waals surface area contributed by atoms with Crippen molar-refractivity contribution in [2.75, 3.05) is 24.2 Å². The first-order chi connectivity index (χ1) is 9.03. The molecule has 0 aliphatic heterocycles. The Bertz CT molecular complexity index is 536. The maximum Gasteiger partial charge on any atom is 0.180 e. The first kappa shape index (κ1) is 14.3. The lowest BCUT2D eigenvalue weighted by Gasteiger charge is -2.17. The Labute approximate surface area is 115 Å². The quantitative estimate of drug-likeness (QED) is 0.802. The molecule has 0 unspecified atom stereocenters. The zero-order chi connectivity index (χ0) is 13.9. The van der Waals surface area contributed by atoms with E-state index < -0.39 is 9.84 Å². The Morgan fingerprint density at radius 2 is 2.00 bits per heavy atom. The molecule has 0 amide bonds. The normalized spacial score (nSPS) is 17.2. The van der Waals surface area contributed by atoms with Crippen molar-refractivity contribution < 1.29 is 8.42 Å². The molecule has 0 aromatic heterocycles. The van der Waals surface area contributed by atoms with Gasteiger partial charge in [-0.25, -0.2) is 8.42 Å². The van der Waals surface area contributed by atoms with E-state index in [1.807, 2.05) is 12.1 Å². The summed E-state index contributed by atoms with van der Waals surface area (Å²) in [6, 6.07) is 7.13. The van der Waals surface area contributed by atoms with Gasteiger partial charge in [-0.3, -0.25) is 0 Å². The molecule has 1 aromatic carbocycles. The molecule has 0 spiro atoms. The summed E-state index contributed by atoms with van der Waals surface area (Å²) in [6.07, 6.45) is 3.36. The second-order valence-electron chi connectivity index (χ2n) is 5.29. The van der Waals surface area contributed by atoms with Crippen LogP contribution in [0, 0.1) is 5.41 Å². The van der Waals surface area contributed by atoms with Crippen molar-refractivity contribution in [3.63, 3.8) is 0 Å². The Kier molecular flexibility index (Phi) is 4.16. The van der Waals surface area contributed by atoms with E-state index in [0.717, 1.165) is 13.0 Å². The number of rotatable bonds is 7. The minimum absolute atomic E-state index is 0.125. The van der Waals surface area contributed by atoms with Gasteiger partial charge < -0.3 is 11.1 Å². The van der Waals surface area contributed by atoms with Gasteiger partial charge in [0.05, 0.1) is 16.3 Å². The van der Waals surface area contributed by atoms with Crippen molar-refractivity contribution in [1.29, 1.82) is 0 Å². The predicted octanol–water partition coefficient (Wildman–Crippen LogP) is 2.02. The van der Waals surface area contributed by atoms with Crippen LogP contribution < -0.4 is 11.1 Å². The van der Waals surface area contributed by atoms with Crippen LogP contribution in [0.4, 0.5) is 5.69 Å². The largest absolute Gasteiger partial charge is 0.383 e. The standard InChI is InChI=1S/C14H22N2O2S/c1-2-19(17,18)13-6-4-3-5-12(13)16-11-14(7-8-14)9-10-15/h3-6,16H,2,7-11,15H2,1H3. The Balaban J connectivity index is 2.13. The zero-order valence-electron chi connectivity index (χ0n) is 11.4. The highest BCUT2D eigenvalue weighted by Gasteiger charge is 2.41. The van der Waals surface area contributed by atoms with Gasteiger partial charge in [0, 0.05) is 6.54 Å². The summed E-state index contributed by atoms with van der Waals surface area (Å²) < 4.78 is 24.1. The van der Waals surface area contributed by atoms with Crippen LogP contribution in [0.2, 0.25) is 0 Å². The number of anilines is 1. The average molecular weight is 282 g/mol. The van der Waals surface area contributed by atoms with Crippen LogP contribution in [0.3, 0.4) is 0 Å². The zero-order valence-corrected chi connectivity index (χ0v) is 12.2. The smallest absolute Gasteiger partial charge is 0.180 e. The van der Waals surface area contributed by atoms with Crippen molar-refractivity contribution in [3.8, 4) is 0 Å². The van der Waals surface area contributed by atoms with Gasteiger partial charge in [-0.05, 0) is 43.4 Å². The third-order valence-electron chi connectivity index (χ3n) is 3.89. The number of hydrogen-bond acceptors (Lipinski definition) is 4. The van der Waals surface area contributed by atoms with Crippen molar-refractivity contribution in [1.82, 2.24) is 0 Å². The molecule has 1 fully saturated rings. The minimum atomic E-state index is -3.18. The fourth-order valence-corrected chi connectivity index (χ4v) is 3.39. The van der Waals surface area contributed by atoms with Gasteiger partial charge in [0.1, 0.15) is 0 Å². The minimum Gasteiger partial charge on any atom is -0.383 e. The maximum absolute atomic E-state index is 12.0. The van der Waals surface area contributed by atoms with Gasteiger partial charge in [-0.15, -0.1) is 0 Å². The van der Waals surface area contributed by atoms with Crippen molar-refractivity contribution in [3.05, 3.63) is 24.3 Å². The topological polar surface area (TPSA) is 72.2 Å². The first-order valence-corrected chi connectivity index (χ1v) is 8.44. The molecule has 106 valence electrons. The molecule has 3 N–H and O–H groups in total. The lowest BCUT2D eigenvalue weighted by atomic mass is 10.0. The molecule has 2 rings (SSSR count). The van der Waals surface area contributed by atoms with Crippen molar-refractivity contribution in [2.45, 2.75) is 31.1 Å². The van der Waals surface area contributed by atoms with E-state index in [4.69, 9.17) is 5.73 Å². The van der Waals surface area contributed by atoms with Crippen molar-refractivity contribution in [2.24, 2.45) is 11.1 Å². The number of nitrogens with one attached hydrogen (secondary N) is 1. The molecule has 0 heterocycles. The number of para-hydroxylation sites is 1. The summed E-state index contributed by atoms with van der Waals surface area (Å²) in [5, 5.41) is 3.31. The van der Waals surface area contributed by atoms with E-state index >= 15 is 0 Å². The highest BCUT2D eigenvalue weighted by Crippen LogP contribution is 2.48. The van der Waals surface area contributed by atoms with Gasteiger partial charge >= 0.3 is 0 Å². The van der Waals surface area contributed by atoms with Gasteiger partial charge in [-0.1, -0.05) is 19.1 Å². The molecule has 1 saturated carbocycles. The second-order valence-corrected chi connectivity index (χ2v) is 7.54. The van der Waals surface area contributed by atoms with Crippen LogP contribution in [0.1, 0.15) is 26.2 Å². The number of sulfone groups is 1. The Morgan fingerprint density at radius 3 is 2.58 bits per heavy atom. The van der Waals surface area contributed by atoms with Crippen LogP contribution in [0.5, 0.6) is 0 Å². The molecule has 1 aliphatic rings. The van der Waals surface area contributed by atoms with E-state index in [2.05, 4.69) is 5.32 Å². The number of benzene rings is 1. The molecule has 5 heteroatoms. The lowest BCUT2D eigenvalue weighted by Crippen LogP contribution is -2.20. The fraction of sp³-hybridized carbons (Fsp3) is 0.571. The van der Waals surface area contributed by atoms with Gasteiger partial charge in [0.2, 0.25) is 0 Å². The number of nitrogens with two attached hydrogens (primary N) is 1. The molecule has 1 aromatic rings. The lowest BCUT2D eigenvalue weighted by molar-refractivity contribution is 0.500. The number of hydrogen-bond donors (Lipinski definition) is 2. The SMILES string of the molecule is CCS(=O)(=O)c1ccccc1NCC1(CCN)CC1. The molecule has 1 aliphatic carbocycles. The van der Waals surface area contributed by atoms with Gasteiger partial charge in [-0.2, -0.15) is 0 Å². The molecular formula is C14H22N2O2S. The highest BCUT2D eigenvalue weighted by molar-refractivity contribution is 7.91. The maximum atomic E-state index is 12.0. The first-order valence-electron chi connectivity index (χ1n) is 6.79.